The third kappa shape index (κ3) is 3.95. The van der Waals surface area contributed by atoms with Gasteiger partial charge in [-0.2, -0.15) is 0 Å². The van der Waals surface area contributed by atoms with E-state index in [2.05, 4.69) is 40.5 Å². The second-order valence-corrected chi connectivity index (χ2v) is 6.24. The van der Waals surface area contributed by atoms with Crippen LogP contribution < -0.4 is 10.2 Å². The van der Waals surface area contributed by atoms with E-state index in [4.69, 9.17) is 0 Å². The minimum atomic E-state index is -0.0314. The van der Waals surface area contributed by atoms with Crippen LogP contribution in [0.15, 0.2) is 60.7 Å². The lowest BCUT2D eigenvalue weighted by molar-refractivity contribution is 0.245. The molecule has 1 aliphatic heterocycles. The highest BCUT2D eigenvalue weighted by atomic mass is 16.2. The van der Waals surface area contributed by atoms with E-state index in [1.54, 1.807) is 7.05 Å². The number of carbonyl (C=O) groups is 1. The van der Waals surface area contributed by atoms with Crippen molar-refractivity contribution in [3.8, 4) is 0 Å². The Hall–Kier alpha value is -2.33. The van der Waals surface area contributed by atoms with Gasteiger partial charge in [0.25, 0.3) is 0 Å². The van der Waals surface area contributed by atoms with Gasteiger partial charge in [0.2, 0.25) is 0 Å². The first-order valence-corrected chi connectivity index (χ1v) is 8.60. The number of likely N-dealkylation sites (tertiary alicyclic amines) is 1. The topological polar surface area (TPSA) is 35.6 Å². The second-order valence-electron chi connectivity index (χ2n) is 6.24. The molecule has 4 heteroatoms. The number of rotatable bonds is 5. The monoisotopic (exact) mass is 323 g/mol. The number of amides is 2. The number of nitrogens with one attached hydrogen (secondary N) is 1. The smallest absolute Gasteiger partial charge is 0.321 e. The van der Waals surface area contributed by atoms with Gasteiger partial charge in [0.1, 0.15) is 0 Å². The van der Waals surface area contributed by atoms with Crippen LogP contribution in [0.1, 0.15) is 12.0 Å². The summed E-state index contributed by atoms with van der Waals surface area (Å²) in [5, 5.41) is 2.78. The fraction of sp³-hybridized carbons (Fsp3) is 0.350. The van der Waals surface area contributed by atoms with Crippen LogP contribution in [0.4, 0.5) is 10.5 Å². The van der Waals surface area contributed by atoms with Crippen LogP contribution in [-0.2, 0) is 6.42 Å². The van der Waals surface area contributed by atoms with Crippen molar-refractivity contribution in [2.45, 2.75) is 18.9 Å². The molecule has 3 rings (SSSR count). The highest BCUT2D eigenvalue weighted by molar-refractivity contribution is 5.92. The number of benzene rings is 2. The minimum absolute atomic E-state index is 0.0314. The highest BCUT2D eigenvalue weighted by Crippen LogP contribution is 2.23. The summed E-state index contributed by atoms with van der Waals surface area (Å²) in [4.78, 5) is 16.7. The number of nitrogens with zero attached hydrogens (tertiary/aromatic N) is 2. The molecule has 0 radical (unpaired) electrons. The Morgan fingerprint density at radius 3 is 2.46 bits per heavy atom. The molecular formula is C20H25N3O. The molecule has 24 heavy (non-hydrogen) atoms. The van der Waals surface area contributed by atoms with Crippen LogP contribution in [0, 0.1) is 0 Å². The number of hydrogen-bond acceptors (Lipinski definition) is 2. The molecule has 1 fully saturated rings. The van der Waals surface area contributed by atoms with Crippen LogP contribution in [0.2, 0.25) is 0 Å². The maximum Gasteiger partial charge on any atom is 0.321 e. The van der Waals surface area contributed by atoms with E-state index < -0.39 is 0 Å². The maximum absolute atomic E-state index is 12.4. The zero-order valence-electron chi connectivity index (χ0n) is 14.2. The summed E-state index contributed by atoms with van der Waals surface area (Å²) in [5.41, 5.74) is 2.33. The van der Waals surface area contributed by atoms with Crippen molar-refractivity contribution < 1.29 is 4.79 Å². The molecule has 0 saturated carbocycles. The number of carbonyl (C=O) groups excluding carboxylic acids is 1. The average molecular weight is 323 g/mol. The summed E-state index contributed by atoms with van der Waals surface area (Å²) in [6.45, 7) is 3.00. The molecule has 1 aliphatic rings. The van der Waals surface area contributed by atoms with E-state index in [1.165, 1.54) is 5.56 Å². The van der Waals surface area contributed by atoms with Gasteiger partial charge >= 0.3 is 6.03 Å². The number of urea groups is 1. The molecule has 2 amide bonds. The lowest BCUT2D eigenvalue weighted by Gasteiger charge is -2.29. The van der Waals surface area contributed by atoms with E-state index in [0.717, 1.165) is 38.2 Å². The quantitative estimate of drug-likeness (QED) is 0.917. The zero-order valence-corrected chi connectivity index (χ0v) is 14.2. The Kier molecular flexibility index (Phi) is 5.49. The van der Waals surface area contributed by atoms with Crippen LogP contribution in [-0.4, -0.2) is 43.7 Å². The van der Waals surface area contributed by atoms with Crippen LogP contribution in [0.25, 0.3) is 0 Å². The maximum atomic E-state index is 12.4. The molecular weight excluding hydrogens is 298 g/mol. The van der Waals surface area contributed by atoms with Crippen LogP contribution >= 0.6 is 0 Å². The molecule has 1 N–H and O–H groups in total. The Morgan fingerprint density at radius 1 is 1.12 bits per heavy atom. The lowest BCUT2D eigenvalue weighted by atomic mass is 10.1. The van der Waals surface area contributed by atoms with E-state index in [-0.39, 0.29) is 12.1 Å². The third-order valence-electron chi connectivity index (χ3n) is 4.64. The zero-order chi connectivity index (χ0) is 16.8. The Balaban J connectivity index is 1.63. The molecule has 4 nitrogen and oxygen atoms in total. The first-order chi connectivity index (χ1) is 11.8. The van der Waals surface area contributed by atoms with Crippen molar-refractivity contribution >= 4 is 11.7 Å². The molecule has 1 saturated heterocycles. The summed E-state index contributed by atoms with van der Waals surface area (Å²) in [6.07, 6.45) is 2.07. The molecule has 0 bridgehead atoms. The highest BCUT2D eigenvalue weighted by Gasteiger charge is 2.31. The van der Waals surface area contributed by atoms with E-state index in [1.807, 2.05) is 35.2 Å². The van der Waals surface area contributed by atoms with Crippen molar-refractivity contribution in [1.82, 2.24) is 10.2 Å². The number of anilines is 1. The Bertz CT molecular complexity index is 644. The predicted molar refractivity (Wildman–Crippen MR) is 98.4 cm³/mol. The standard InChI is InChI=1S/C20H25N3O/c1-21-20(24)23(18-10-6-3-7-11-18)19-13-15-22(16-19)14-12-17-8-4-2-5-9-17/h2-11,19H,12-16H2,1H3,(H,21,24). The molecule has 2 aromatic rings. The van der Waals surface area contributed by atoms with Gasteiger partial charge in [-0.1, -0.05) is 48.5 Å². The SMILES string of the molecule is CNC(=O)N(c1ccccc1)C1CCN(CCc2ccccc2)C1. The van der Waals surface area contributed by atoms with Gasteiger partial charge in [-0.05, 0) is 30.5 Å². The number of hydrogen-bond donors (Lipinski definition) is 1. The summed E-state index contributed by atoms with van der Waals surface area (Å²) in [5.74, 6) is 0. The molecule has 1 heterocycles. The van der Waals surface area contributed by atoms with Gasteiger partial charge in [0, 0.05) is 32.4 Å². The third-order valence-corrected chi connectivity index (χ3v) is 4.64. The van der Waals surface area contributed by atoms with Crippen molar-refractivity contribution in [3.63, 3.8) is 0 Å². The molecule has 0 aromatic heterocycles. The Morgan fingerprint density at radius 2 is 1.79 bits per heavy atom. The van der Waals surface area contributed by atoms with Crippen LogP contribution in [0.5, 0.6) is 0 Å². The van der Waals surface area contributed by atoms with E-state index in [9.17, 15) is 4.79 Å². The van der Waals surface area contributed by atoms with Crippen LogP contribution in [0.3, 0.4) is 0 Å². The molecule has 1 atom stereocenters. The van der Waals surface area contributed by atoms with Crippen molar-refractivity contribution in [2.75, 3.05) is 31.6 Å². The summed E-state index contributed by atoms with van der Waals surface area (Å²) < 4.78 is 0. The summed E-state index contributed by atoms with van der Waals surface area (Å²) >= 11 is 0. The van der Waals surface area contributed by atoms with E-state index in [0.29, 0.717) is 0 Å². The van der Waals surface area contributed by atoms with Crippen molar-refractivity contribution in [1.29, 1.82) is 0 Å². The molecule has 2 aromatic carbocycles. The summed E-state index contributed by atoms with van der Waals surface area (Å²) in [7, 11) is 1.69. The van der Waals surface area contributed by atoms with Gasteiger partial charge < -0.3 is 10.2 Å². The first kappa shape index (κ1) is 16.5. The second kappa shape index (κ2) is 7.97. The predicted octanol–water partition coefficient (Wildman–Crippen LogP) is 3.15. The Labute approximate surface area is 144 Å². The van der Waals surface area contributed by atoms with Gasteiger partial charge in [-0.3, -0.25) is 4.90 Å². The molecule has 1 unspecified atom stereocenters. The summed E-state index contributed by atoms with van der Waals surface area (Å²) in [6, 6.07) is 20.7. The fourth-order valence-electron chi connectivity index (χ4n) is 3.36. The molecule has 126 valence electrons. The number of para-hydroxylation sites is 1. The van der Waals surface area contributed by atoms with Gasteiger partial charge in [-0.25, -0.2) is 4.79 Å². The van der Waals surface area contributed by atoms with Gasteiger partial charge in [-0.15, -0.1) is 0 Å². The molecule has 0 spiro atoms. The van der Waals surface area contributed by atoms with Crippen molar-refractivity contribution in [2.24, 2.45) is 0 Å². The van der Waals surface area contributed by atoms with Gasteiger partial charge in [0.05, 0.1) is 6.04 Å². The first-order valence-electron chi connectivity index (χ1n) is 8.60. The largest absolute Gasteiger partial charge is 0.341 e. The van der Waals surface area contributed by atoms with E-state index >= 15 is 0 Å². The molecule has 0 aliphatic carbocycles. The minimum Gasteiger partial charge on any atom is -0.341 e. The normalized spacial score (nSPS) is 17.6. The lowest BCUT2D eigenvalue weighted by Crippen LogP contribution is -2.46. The van der Waals surface area contributed by atoms with Crippen molar-refractivity contribution in [3.05, 3.63) is 66.2 Å². The fourth-order valence-corrected chi connectivity index (χ4v) is 3.36. The average Bonchev–Trinajstić information content (AvgIpc) is 3.10. The van der Waals surface area contributed by atoms with Gasteiger partial charge in [0.15, 0.2) is 0 Å².